The molecule has 17 heavy (non-hydrogen) atoms. The molecule has 4 N–H and O–H groups in total. The van der Waals surface area contributed by atoms with E-state index in [0.29, 0.717) is 0 Å². The van der Waals surface area contributed by atoms with Crippen LogP contribution in [-0.2, 0) is 9.59 Å². The summed E-state index contributed by atoms with van der Waals surface area (Å²) in [6.07, 6.45) is 2.11. The van der Waals surface area contributed by atoms with Crippen LogP contribution in [0.4, 0.5) is 0 Å². The van der Waals surface area contributed by atoms with Crippen LogP contribution in [0.2, 0.25) is 0 Å². The second-order valence-electron chi connectivity index (χ2n) is 2.73. The van der Waals surface area contributed by atoms with E-state index < -0.39 is 0 Å². The van der Waals surface area contributed by atoms with Crippen molar-refractivity contribution < 1.29 is 30.8 Å². The van der Waals surface area contributed by atoms with Crippen molar-refractivity contribution in [3.05, 3.63) is 23.7 Å². The smallest absolute Gasteiger partial charge is 0.876 e. The van der Waals surface area contributed by atoms with Crippen molar-refractivity contribution in [1.29, 1.82) is 0 Å². The van der Waals surface area contributed by atoms with Gasteiger partial charge in [0.25, 0.3) is 0 Å². The van der Waals surface area contributed by atoms with Crippen molar-refractivity contribution in [2.75, 3.05) is 0 Å². The van der Waals surface area contributed by atoms with Crippen molar-refractivity contribution in [1.82, 2.24) is 0 Å². The summed E-state index contributed by atoms with van der Waals surface area (Å²) in [5, 5.41) is 20.0. The maximum absolute atomic E-state index is 9.98. The summed E-state index contributed by atoms with van der Waals surface area (Å²) in [5.74, 6) is -0.750. The minimum absolute atomic E-state index is 0. The summed E-state index contributed by atoms with van der Waals surface area (Å²) in [6, 6.07) is 0. The third-order valence-electron chi connectivity index (χ3n) is 0.813. The molecule has 0 bridgehead atoms. The molecule has 0 saturated carbocycles. The molecule has 6 nitrogen and oxygen atoms in total. The fourth-order valence-electron chi connectivity index (χ4n) is 0.572. The third-order valence-corrected chi connectivity index (χ3v) is 0.813. The van der Waals surface area contributed by atoms with Crippen LogP contribution in [0.25, 0.3) is 0 Å². The summed E-state index contributed by atoms with van der Waals surface area (Å²) < 4.78 is 0. The Balaban J connectivity index is -0.0000000480. The molecule has 0 atom stereocenters. The zero-order chi connectivity index (χ0) is 11.7. The molecule has 0 amide bonds. The van der Waals surface area contributed by atoms with E-state index in [0.717, 1.165) is 12.2 Å². The molecule has 0 spiro atoms. The van der Waals surface area contributed by atoms with Crippen LogP contribution < -0.4 is 10.2 Å². The quantitative estimate of drug-likeness (QED) is 0.315. The topological polar surface area (TPSA) is 143 Å². The molecule has 0 rings (SSSR count). The molecule has 0 aromatic carbocycles. The van der Waals surface area contributed by atoms with Gasteiger partial charge in [0.05, 0.1) is 0 Å². The maximum Gasteiger partial charge on any atom is 2.00 e. The summed E-state index contributed by atoms with van der Waals surface area (Å²) in [7, 11) is 0. The van der Waals surface area contributed by atoms with Crippen molar-refractivity contribution in [2.24, 2.45) is 0 Å². The summed E-state index contributed by atoms with van der Waals surface area (Å²) in [5.41, 5.74) is 0. The van der Waals surface area contributed by atoms with E-state index >= 15 is 0 Å². The van der Waals surface area contributed by atoms with Gasteiger partial charge in [0.2, 0.25) is 0 Å². The molecule has 0 aliphatic rings. The van der Waals surface area contributed by atoms with Crippen molar-refractivity contribution in [2.45, 2.75) is 27.7 Å². The first kappa shape index (κ1) is 30.0. The second kappa shape index (κ2) is 18.0. The number of allylic oxidation sites excluding steroid dienone is 4. The Labute approximate surface area is 131 Å². The molecule has 0 aliphatic carbocycles. The summed E-state index contributed by atoms with van der Waals surface area (Å²) in [6.45, 7) is 5.39. The van der Waals surface area contributed by atoms with E-state index in [2.05, 4.69) is 0 Å². The van der Waals surface area contributed by atoms with E-state index in [4.69, 9.17) is 0 Å². The largest absolute Gasteiger partial charge is 2.00 e. The summed E-state index contributed by atoms with van der Waals surface area (Å²) in [4.78, 5) is 20.0. The minimum Gasteiger partial charge on any atom is -0.876 e. The van der Waals surface area contributed by atoms with Gasteiger partial charge in [-0.2, -0.15) is 0 Å². The molecule has 0 unspecified atom stereocenters. The molecule has 0 aliphatic heterocycles. The van der Waals surface area contributed by atoms with E-state index in [1.165, 1.54) is 27.7 Å². The zero-order valence-corrected chi connectivity index (χ0v) is 12.7. The number of hydrogen-bond donors (Lipinski definition) is 0. The Hall–Kier alpha value is -0.400. The Morgan fingerprint density at radius 1 is 0.765 bits per heavy atom. The van der Waals surface area contributed by atoms with Gasteiger partial charge in [0.1, 0.15) is 0 Å². The van der Waals surface area contributed by atoms with Gasteiger partial charge in [-0.1, -0.05) is 13.8 Å². The molecule has 0 saturated heterocycles. The Bertz CT molecular complexity index is 234. The molecule has 0 fully saturated rings. The molecule has 0 aromatic heterocycles. The Morgan fingerprint density at radius 2 is 0.941 bits per heavy atom. The van der Waals surface area contributed by atoms with Gasteiger partial charge >= 0.3 is 37.7 Å². The van der Waals surface area contributed by atoms with Crippen LogP contribution in [0.3, 0.4) is 0 Å². The van der Waals surface area contributed by atoms with Crippen LogP contribution in [0.15, 0.2) is 23.7 Å². The van der Waals surface area contributed by atoms with Crippen LogP contribution >= 0.6 is 0 Å². The van der Waals surface area contributed by atoms with E-state index in [1.54, 1.807) is 0 Å². The van der Waals surface area contributed by atoms with E-state index in [9.17, 15) is 19.8 Å². The fraction of sp³-hybridized carbons (Fsp3) is 0.400. The molecular formula is C10H18CaO6. The fourth-order valence-corrected chi connectivity index (χ4v) is 0.572. The average molecular weight is 274 g/mol. The summed E-state index contributed by atoms with van der Waals surface area (Å²) >= 11 is 0. The Kier molecular flexibility index (Phi) is 31.7. The first-order valence-corrected chi connectivity index (χ1v) is 3.97. The molecule has 7 heteroatoms. The molecule has 0 aromatic rings. The predicted molar refractivity (Wildman–Crippen MR) is 61.9 cm³/mol. The van der Waals surface area contributed by atoms with E-state index in [1.807, 2.05) is 0 Å². The normalized spacial score (nSPS) is 9.41. The van der Waals surface area contributed by atoms with Gasteiger partial charge in [-0.05, 0) is 26.0 Å². The monoisotopic (exact) mass is 274 g/mol. The van der Waals surface area contributed by atoms with E-state index in [-0.39, 0.29) is 71.8 Å². The number of rotatable bonds is 2. The van der Waals surface area contributed by atoms with Crippen LogP contribution in [0.1, 0.15) is 27.7 Å². The molecule has 0 heterocycles. The standard InChI is InChI=1S/2C5H8O2.Ca.2H2O/c2*1-4(6)3-5(2)7;;;/h2*3,6H,1-2H3;;2*1H2/q;;+2;;/p-2/b2*4-3-;;;. The van der Waals surface area contributed by atoms with Crippen LogP contribution in [0.5, 0.6) is 0 Å². The third kappa shape index (κ3) is 50.0. The number of ketones is 2. The van der Waals surface area contributed by atoms with Crippen molar-refractivity contribution in [3.8, 4) is 0 Å². The number of carbonyl (C=O) groups is 2. The van der Waals surface area contributed by atoms with Gasteiger partial charge in [-0.3, -0.25) is 9.59 Å². The average Bonchev–Trinajstić information content (AvgIpc) is 1.79. The first-order valence-electron chi connectivity index (χ1n) is 3.97. The van der Waals surface area contributed by atoms with Gasteiger partial charge in [-0.25, -0.2) is 0 Å². The maximum atomic E-state index is 9.98. The number of carbonyl (C=O) groups excluding carboxylic acids is 2. The van der Waals surface area contributed by atoms with Crippen LogP contribution in [0, 0.1) is 0 Å². The SMILES string of the molecule is CC(=O)/C=C(/C)[O-].CC(=O)/C=C(/C)[O-].O.O.[Ca+2]. The second-order valence-corrected chi connectivity index (χ2v) is 2.73. The predicted octanol–water partition coefficient (Wildman–Crippen LogP) is -2.35. The first-order chi connectivity index (χ1) is 6.25. The van der Waals surface area contributed by atoms with Crippen molar-refractivity contribution in [3.63, 3.8) is 0 Å². The van der Waals surface area contributed by atoms with Crippen molar-refractivity contribution >= 4 is 49.3 Å². The Morgan fingerprint density at radius 3 is 0.941 bits per heavy atom. The molecule has 96 valence electrons. The van der Waals surface area contributed by atoms with Gasteiger partial charge < -0.3 is 21.2 Å². The van der Waals surface area contributed by atoms with Gasteiger partial charge in [0, 0.05) is 0 Å². The van der Waals surface area contributed by atoms with Crippen LogP contribution in [-0.4, -0.2) is 60.3 Å². The number of hydrogen-bond acceptors (Lipinski definition) is 4. The van der Waals surface area contributed by atoms with Gasteiger partial charge in [0.15, 0.2) is 11.6 Å². The molecular weight excluding hydrogens is 256 g/mol. The zero-order valence-electron chi connectivity index (χ0n) is 10.5. The molecule has 0 radical (unpaired) electrons. The van der Waals surface area contributed by atoms with Gasteiger partial charge in [-0.15, -0.1) is 11.5 Å². The minimum atomic E-state index is -0.187.